The third-order valence-corrected chi connectivity index (χ3v) is 6.89. The summed E-state index contributed by atoms with van der Waals surface area (Å²) in [7, 11) is 0. The topological polar surface area (TPSA) is 17.8 Å². The molecule has 1 aromatic carbocycles. The van der Waals surface area contributed by atoms with Crippen LogP contribution in [0.5, 0.6) is 0 Å². The molecule has 0 radical (unpaired) electrons. The van der Waals surface area contributed by atoms with Crippen molar-refractivity contribution < 1.29 is 0 Å². The summed E-state index contributed by atoms with van der Waals surface area (Å²) in [5.74, 6) is 5.52. The molecule has 0 bridgehead atoms. The molecule has 1 saturated heterocycles. The van der Waals surface area contributed by atoms with Crippen molar-refractivity contribution >= 4 is 62.1 Å². The molecule has 1 aliphatic rings. The van der Waals surface area contributed by atoms with Crippen LogP contribution in [0.15, 0.2) is 22.7 Å². The molecule has 2 aromatic rings. The third kappa shape index (κ3) is 3.32. The predicted molar refractivity (Wildman–Crippen MR) is 95.4 cm³/mol. The maximum absolute atomic E-state index is 5.94. The minimum absolute atomic E-state index is 0.622. The van der Waals surface area contributed by atoms with E-state index in [1.54, 1.807) is 0 Å². The molecule has 3 rings (SSSR count). The van der Waals surface area contributed by atoms with Crippen molar-refractivity contribution in [3.63, 3.8) is 0 Å². The van der Waals surface area contributed by atoms with Gasteiger partial charge in [-0.15, -0.1) is 11.6 Å². The number of imidazole rings is 1. The van der Waals surface area contributed by atoms with Gasteiger partial charge in [-0.1, -0.05) is 15.9 Å². The van der Waals surface area contributed by atoms with Gasteiger partial charge in [-0.25, -0.2) is 4.98 Å². The van der Waals surface area contributed by atoms with E-state index < -0.39 is 0 Å². The minimum atomic E-state index is 0.622. The molecule has 1 unspecified atom stereocenters. The number of rotatable bonds is 4. The van der Waals surface area contributed by atoms with Crippen molar-refractivity contribution in [3.8, 4) is 0 Å². The van der Waals surface area contributed by atoms with Crippen molar-refractivity contribution in [2.24, 2.45) is 0 Å². The Balaban J connectivity index is 1.96. The average molecular weight is 392 g/mol. The summed E-state index contributed by atoms with van der Waals surface area (Å²) in [5, 5.41) is 0.680. The molecule has 0 N–H and O–H groups in total. The number of halogens is 2. The first-order valence-electron chi connectivity index (χ1n) is 6.68. The normalized spacial score (nSPS) is 19.6. The highest BCUT2D eigenvalue weighted by atomic mass is 79.9. The highest BCUT2D eigenvalue weighted by Gasteiger charge is 2.18. The molecular formula is C14H16BrClN2S2. The van der Waals surface area contributed by atoms with Gasteiger partial charge in [0, 0.05) is 45.8 Å². The Labute approximate surface area is 141 Å². The Morgan fingerprint density at radius 3 is 3.05 bits per heavy atom. The lowest BCUT2D eigenvalue weighted by Gasteiger charge is -2.22. The van der Waals surface area contributed by atoms with Crippen molar-refractivity contribution in [2.75, 3.05) is 23.1 Å². The maximum atomic E-state index is 5.94. The monoisotopic (exact) mass is 390 g/mol. The summed E-state index contributed by atoms with van der Waals surface area (Å²) in [5.41, 5.74) is 2.29. The molecular weight excluding hydrogens is 376 g/mol. The Morgan fingerprint density at radius 2 is 2.30 bits per heavy atom. The molecule has 6 heteroatoms. The number of fused-ring (bicyclic) bond motifs is 1. The van der Waals surface area contributed by atoms with Crippen LogP contribution in [0, 0.1) is 0 Å². The lowest BCUT2D eigenvalue weighted by Crippen LogP contribution is -2.21. The van der Waals surface area contributed by atoms with E-state index in [1.807, 2.05) is 0 Å². The van der Waals surface area contributed by atoms with Crippen molar-refractivity contribution in [1.82, 2.24) is 9.55 Å². The maximum Gasteiger partial charge on any atom is 0.111 e. The van der Waals surface area contributed by atoms with Crippen molar-refractivity contribution in [3.05, 3.63) is 28.5 Å². The van der Waals surface area contributed by atoms with E-state index in [0.29, 0.717) is 11.1 Å². The molecule has 1 fully saturated rings. The number of alkyl halides is 1. The smallest absolute Gasteiger partial charge is 0.111 e. The van der Waals surface area contributed by atoms with Gasteiger partial charge < -0.3 is 4.57 Å². The van der Waals surface area contributed by atoms with Crippen LogP contribution in [0.25, 0.3) is 11.0 Å². The van der Waals surface area contributed by atoms with Crippen molar-refractivity contribution in [2.45, 2.75) is 18.2 Å². The number of aryl methyl sites for hydroxylation is 1. The molecule has 0 spiro atoms. The fourth-order valence-corrected chi connectivity index (χ4v) is 5.64. The fourth-order valence-electron chi connectivity index (χ4n) is 2.47. The van der Waals surface area contributed by atoms with Gasteiger partial charge >= 0.3 is 0 Å². The zero-order chi connectivity index (χ0) is 13.9. The number of nitrogens with zero attached hydrogens (tertiary/aromatic N) is 2. The predicted octanol–water partition coefficient (Wildman–Crippen LogP) is 4.43. The molecule has 1 aromatic heterocycles. The van der Waals surface area contributed by atoms with E-state index in [2.05, 4.69) is 62.2 Å². The van der Waals surface area contributed by atoms with Crippen LogP contribution >= 0.6 is 51.1 Å². The lowest BCUT2D eigenvalue weighted by atomic mass is 10.3. The van der Waals surface area contributed by atoms with Gasteiger partial charge in [-0.2, -0.15) is 23.5 Å². The second-order valence-electron chi connectivity index (χ2n) is 4.78. The standard InChI is InChI=1S/C14H16BrClN2S2/c15-10-1-2-12-13(7-10)18(14(17-12)3-4-16)8-11-9-19-5-6-20-11/h1-2,7,11H,3-6,8-9H2. The summed E-state index contributed by atoms with van der Waals surface area (Å²) in [6, 6.07) is 6.30. The average Bonchev–Trinajstić information content (AvgIpc) is 2.78. The van der Waals surface area contributed by atoms with E-state index in [9.17, 15) is 0 Å². The van der Waals surface area contributed by atoms with Crippen LogP contribution in [-0.2, 0) is 13.0 Å². The van der Waals surface area contributed by atoms with Gasteiger partial charge in [0.05, 0.1) is 11.0 Å². The fraction of sp³-hybridized carbons (Fsp3) is 0.500. The van der Waals surface area contributed by atoms with Crippen LogP contribution in [0.2, 0.25) is 0 Å². The van der Waals surface area contributed by atoms with Gasteiger partial charge in [0.2, 0.25) is 0 Å². The van der Waals surface area contributed by atoms with Crippen molar-refractivity contribution in [1.29, 1.82) is 0 Å². The Morgan fingerprint density at radius 1 is 1.40 bits per heavy atom. The van der Waals surface area contributed by atoms with Gasteiger partial charge in [0.1, 0.15) is 5.82 Å². The number of hydrogen-bond acceptors (Lipinski definition) is 3. The number of aromatic nitrogens is 2. The molecule has 1 aliphatic heterocycles. The molecule has 0 saturated carbocycles. The van der Waals surface area contributed by atoms with Crippen LogP contribution in [0.4, 0.5) is 0 Å². The highest BCUT2D eigenvalue weighted by molar-refractivity contribution is 9.10. The van der Waals surface area contributed by atoms with E-state index >= 15 is 0 Å². The summed E-state index contributed by atoms with van der Waals surface area (Å²) in [6.07, 6.45) is 0.832. The first kappa shape index (κ1) is 15.1. The summed E-state index contributed by atoms with van der Waals surface area (Å²) in [4.78, 5) is 4.75. The largest absolute Gasteiger partial charge is 0.327 e. The SMILES string of the molecule is ClCCc1nc2ccc(Br)cc2n1CC1CSCCS1. The quantitative estimate of drug-likeness (QED) is 0.718. The molecule has 2 nitrogen and oxygen atoms in total. The lowest BCUT2D eigenvalue weighted by molar-refractivity contribution is 0.674. The molecule has 2 heterocycles. The van der Waals surface area contributed by atoms with E-state index in [-0.39, 0.29) is 0 Å². The summed E-state index contributed by atoms with van der Waals surface area (Å²) >= 11 is 13.7. The van der Waals surface area contributed by atoms with Gasteiger partial charge in [-0.3, -0.25) is 0 Å². The van der Waals surface area contributed by atoms with Crippen LogP contribution in [0.1, 0.15) is 5.82 Å². The van der Waals surface area contributed by atoms with Crippen LogP contribution in [0.3, 0.4) is 0 Å². The molecule has 0 amide bonds. The number of thioether (sulfide) groups is 2. The summed E-state index contributed by atoms with van der Waals surface area (Å²) in [6.45, 7) is 1.04. The van der Waals surface area contributed by atoms with E-state index in [1.165, 1.54) is 22.8 Å². The molecule has 20 heavy (non-hydrogen) atoms. The zero-order valence-corrected chi connectivity index (χ0v) is 15.0. The summed E-state index contributed by atoms with van der Waals surface area (Å²) < 4.78 is 3.47. The van der Waals surface area contributed by atoms with Gasteiger partial charge in [0.15, 0.2) is 0 Å². The van der Waals surface area contributed by atoms with E-state index in [4.69, 9.17) is 16.6 Å². The van der Waals surface area contributed by atoms with Crippen LogP contribution in [-0.4, -0.2) is 37.9 Å². The third-order valence-electron chi connectivity index (χ3n) is 3.38. The Hall–Kier alpha value is 0.160. The van der Waals surface area contributed by atoms with Gasteiger partial charge in [0.25, 0.3) is 0 Å². The van der Waals surface area contributed by atoms with Crippen LogP contribution < -0.4 is 0 Å². The Bertz CT molecular complexity index is 596. The number of benzene rings is 1. The van der Waals surface area contributed by atoms with E-state index in [0.717, 1.165) is 28.8 Å². The molecule has 108 valence electrons. The Kier molecular flexibility index (Phi) is 5.23. The second kappa shape index (κ2) is 6.95. The molecule has 0 aliphatic carbocycles. The van der Waals surface area contributed by atoms with Gasteiger partial charge in [-0.05, 0) is 18.2 Å². The first-order chi connectivity index (χ1) is 9.78. The highest BCUT2D eigenvalue weighted by Crippen LogP contribution is 2.28. The zero-order valence-electron chi connectivity index (χ0n) is 11.0. The number of hydrogen-bond donors (Lipinski definition) is 0. The molecule has 1 atom stereocenters. The second-order valence-corrected chi connectivity index (χ2v) is 8.63. The minimum Gasteiger partial charge on any atom is -0.327 e. The first-order valence-corrected chi connectivity index (χ1v) is 10.2.